The van der Waals surface area contributed by atoms with Gasteiger partial charge in [-0.2, -0.15) is 0 Å². The van der Waals surface area contributed by atoms with Crippen LogP contribution in [0.4, 0.5) is 0 Å². The molecule has 2 aromatic rings. The normalized spacial score (nSPS) is 18.7. The molecule has 30 heavy (non-hydrogen) atoms. The number of fused-ring (bicyclic) bond motifs is 1. The third-order valence-electron chi connectivity index (χ3n) is 5.93. The van der Waals surface area contributed by atoms with Crippen LogP contribution in [-0.2, 0) is 16.0 Å². The van der Waals surface area contributed by atoms with Gasteiger partial charge in [-0.1, -0.05) is 36.4 Å². The Bertz CT molecular complexity index is 906. The smallest absolute Gasteiger partial charge is 0.255 e. The van der Waals surface area contributed by atoms with Crippen molar-refractivity contribution in [1.29, 1.82) is 0 Å². The summed E-state index contributed by atoms with van der Waals surface area (Å²) in [4.78, 5) is 26.8. The Balaban J connectivity index is 1.39. The summed E-state index contributed by atoms with van der Waals surface area (Å²) in [5, 5.41) is 3.18. The molecule has 1 atom stereocenters. The first kappa shape index (κ1) is 20.4. The van der Waals surface area contributed by atoms with Crippen molar-refractivity contribution in [3.05, 3.63) is 65.2 Å². The van der Waals surface area contributed by atoms with Crippen LogP contribution in [0.1, 0.15) is 46.8 Å². The molecule has 0 bridgehead atoms. The third kappa shape index (κ3) is 4.49. The predicted octanol–water partition coefficient (Wildman–Crippen LogP) is 3.12. The van der Waals surface area contributed by atoms with E-state index in [1.807, 2.05) is 36.4 Å². The summed E-state index contributed by atoms with van der Waals surface area (Å²) in [6.45, 7) is 1.39. The first-order valence-corrected chi connectivity index (χ1v) is 10.6. The van der Waals surface area contributed by atoms with Crippen molar-refractivity contribution in [2.45, 2.75) is 37.8 Å². The van der Waals surface area contributed by atoms with Gasteiger partial charge in [-0.3, -0.25) is 9.59 Å². The molecule has 1 fully saturated rings. The van der Waals surface area contributed by atoms with Crippen LogP contribution in [0.2, 0.25) is 0 Å². The molecular weight excluding hydrogens is 380 g/mol. The molecule has 158 valence electrons. The molecular formula is C24H28N2O4. The van der Waals surface area contributed by atoms with Crippen LogP contribution in [0.15, 0.2) is 48.5 Å². The second kappa shape index (κ2) is 9.30. The fourth-order valence-electron chi connectivity index (χ4n) is 4.32. The number of carbonyl (C=O) groups is 2. The molecule has 1 heterocycles. The number of nitrogens with zero attached hydrogens (tertiary/aromatic N) is 1. The SMILES string of the molecule is COCC(=O)N1CCC(Oc2ccccc2C(=O)NC2CCc3ccccc32)CC1. The van der Waals surface area contributed by atoms with Gasteiger partial charge in [0.25, 0.3) is 5.91 Å². The molecule has 4 rings (SSSR count). The molecule has 6 nitrogen and oxygen atoms in total. The van der Waals surface area contributed by atoms with E-state index in [9.17, 15) is 9.59 Å². The lowest BCUT2D eigenvalue weighted by atomic mass is 10.1. The highest BCUT2D eigenvalue weighted by Gasteiger charge is 2.27. The van der Waals surface area contributed by atoms with Gasteiger partial charge in [-0.05, 0) is 36.1 Å². The molecule has 0 radical (unpaired) electrons. The molecule has 2 aliphatic rings. The Morgan fingerprint density at radius 1 is 1.03 bits per heavy atom. The maximum Gasteiger partial charge on any atom is 0.255 e. The summed E-state index contributed by atoms with van der Waals surface area (Å²) in [6, 6.07) is 15.7. The number of likely N-dealkylation sites (tertiary alicyclic amines) is 1. The van der Waals surface area contributed by atoms with E-state index >= 15 is 0 Å². The van der Waals surface area contributed by atoms with Crippen LogP contribution < -0.4 is 10.1 Å². The van der Waals surface area contributed by atoms with Crippen molar-refractivity contribution < 1.29 is 19.1 Å². The summed E-state index contributed by atoms with van der Waals surface area (Å²) in [7, 11) is 1.53. The van der Waals surface area contributed by atoms with Crippen LogP contribution in [-0.4, -0.2) is 49.6 Å². The average molecular weight is 408 g/mol. The van der Waals surface area contributed by atoms with Gasteiger partial charge in [-0.15, -0.1) is 0 Å². The summed E-state index contributed by atoms with van der Waals surface area (Å²) in [5.74, 6) is 0.496. The highest BCUT2D eigenvalue weighted by atomic mass is 16.5. The molecule has 2 amide bonds. The number of methoxy groups -OCH3 is 1. The Hall–Kier alpha value is -2.86. The number of hydrogen-bond acceptors (Lipinski definition) is 4. The standard InChI is InChI=1S/C24H28N2O4/c1-29-16-23(27)26-14-12-18(13-15-26)30-22-9-5-4-8-20(22)24(28)25-21-11-10-17-6-2-3-7-19(17)21/h2-9,18,21H,10-16H2,1H3,(H,25,28). The monoisotopic (exact) mass is 408 g/mol. The van der Waals surface area contributed by atoms with Crippen molar-refractivity contribution in [2.24, 2.45) is 0 Å². The minimum Gasteiger partial charge on any atom is -0.489 e. The lowest BCUT2D eigenvalue weighted by molar-refractivity contribution is -0.136. The average Bonchev–Trinajstić information content (AvgIpc) is 3.17. The van der Waals surface area contributed by atoms with Crippen LogP contribution in [0.25, 0.3) is 0 Å². The number of piperidine rings is 1. The van der Waals surface area contributed by atoms with E-state index in [4.69, 9.17) is 9.47 Å². The second-order valence-corrected chi connectivity index (χ2v) is 7.89. The summed E-state index contributed by atoms with van der Waals surface area (Å²) < 4.78 is 11.1. The second-order valence-electron chi connectivity index (χ2n) is 7.89. The zero-order valence-corrected chi connectivity index (χ0v) is 17.3. The molecule has 0 saturated carbocycles. The molecule has 1 aliphatic heterocycles. The Morgan fingerprint density at radius 2 is 1.77 bits per heavy atom. The van der Waals surface area contributed by atoms with Gasteiger partial charge in [0.2, 0.25) is 5.91 Å². The Labute approximate surface area is 177 Å². The summed E-state index contributed by atoms with van der Waals surface area (Å²) >= 11 is 0. The van der Waals surface area contributed by atoms with E-state index in [-0.39, 0.29) is 30.6 Å². The number of aryl methyl sites for hydroxylation is 1. The molecule has 1 aliphatic carbocycles. The van der Waals surface area contributed by atoms with E-state index in [1.165, 1.54) is 18.2 Å². The van der Waals surface area contributed by atoms with E-state index in [1.54, 1.807) is 4.90 Å². The third-order valence-corrected chi connectivity index (χ3v) is 5.93. The maximum atomic E-state index is 13.0. The number of nitrogens with one attached hydrogen (secondary N) is 1. The number of benzene rings is 2. The van der Waals surface area contributed by atoms with Gasteiger partial charge >= 0.3 is 0 Å². The minimum absolute atomic E-state index is 0.00701. The highest BCUT2D eigenvalue weighted by Crippen LogP contribution is 2.31. The van der Waals surface area contributed by atoms with Crippen LogP contribution >= 0.6 is 0 Å². The van der Waals surface area contributed by atoms with Crippen LogP contribution in [0.3, 0.4) is 0 Å². The first-order valence-electron chi connectivity index (χ1n) is 10.6. The largest absolute Gasteiger partial charge is 0.489 e. The quantitative estimate of drug-likeness (QED) is 0.798. The number of ether oxygens (including phenoxy) is 2. The van der Waals surface area contributed by atoms with Gasteiger partial charge in [0, 0.05) is 33.0 Å². The van der Waals surface area contributed by atoms with E-state index in [0.29, 0.717) is 24.4 Å². The van der Waals surface area contributed by atoms with Crippen LogP contribution in [0.5, 0.6) is 5.75 Å². The fraction of sp³-hybridized carbons (Fsp3) is 0.417. The van der Waals surface area contributed by atoms with Crippen LogP contribution in [0, 0.1) is 0 Å². The van der Waals surface area contributed by atoms with Crippen molar-refractivity contribution in [2.75, 3.05) is 26.8 Å². The lowest BCUT2D eigenvalue weighted by Crippen LogP contribution is -2.43. The summed E-state index contributed by atoms with van der Waals surface area (Å²) in [6.07, 6.45) is 3.36. The fourth-order valence-corrected chi connectivity index (χ4v) is 4.32. The zero-order valence-electron chi connectivity index (χ0n) is 17.3. The predicted molar refractivity (Wildman–Crippen MR) is 114 cm³/mol. The minimum atomic E-state index is -0.111. The highest BCUT2D eigenvalue weighted by molar-refractivity contribution is 5.97. The molecule has 0 spiro atoms. The molecule has 1 unspecified atom stereocenters. The first-order chi connectivity index (χ1) is 14.7. The number of hydrogen-bond donors (Lipinski definition) is 1. The van der Waals surface area contributed by atoms with Gasteiger partial charge in [0.15, 0.2) is 0 Å². The zero-order chi connectivity index (χ0) is 20.9. The van der Waals surface area contributed by atoms with E-state index < -0.39 is 0 Å². The van der Waals surface area contributed by atoms with Gasteiger partial charge in [-0.25, -0.2) is 0 Å². The van der Waals surface area contributed by atoms with Crippen molar-refractivity contribution in [3.63, 3.8) is 0 Å². The Kier molecular flexibility index (Phi) is 6.33. The van der Waals surface area contributed by atoms with E-state index in [0.717, 1.165) is 25.7 Å². The molecule has 1 N–H and O–H groups in total. The molecule has 0 aromatic heterocycles. The molecule has 2 aromatic carbocycles. The Morgan fingerprint density at radius 3 is 2.57 bits per heavy atom. The summed E-state index contributed by atoms with van der Waals surface area (Å²) in [5.41, 5.74) is 3.07. The van der Waals surface area contributed by atoms with Crippen molar-refractivity contribution >= 4 is 11.8 Å². The lowest BCUT2D eigenvalue weighted by Gasteiger charge is -2.32. The van der Waals surface area contributed by atoms with Gasteiger partial charge in [0.1, 0.15) is 18.5 Å². The van der Waals surface area contributed by atoms with E-state index in [2.05, 4.69) is 17.4 Å². The topological polar surface area (TPSA) is 67.9 Å². The maximum absolute atomic E-state index is 13.0. The number of rotatable bonds is 6. The number of amides is 2. The number of para-hydroxylation sites is 1. The molecule has 6 heteroatoms. The van der Waals surface area contributed by atoms with Gasteiger partial charge in [0.05, 0.1) is 11.6 Å². The van der Waals surface area contributed by atoms with Crippen molar-refractivity contribution in [3.8, 4) is 5.75 Å². The van der Waals surface area contributed by atoms with Gasteiger partial charge < -0.3 is 19.7 Å². The van der Waals surface area contributed by atoms with Crippen molar-refractivity contribution in [1.82, 2.24) is 10.2 Å². The number of carbonyl (C=O) groups excluding carboxylic acids is 2. The molecule has 1 saturated heterocycles.